The molecule has 0 bridgehead atoms. The number of nitrogens with zero attached hydrogens (tertiary/aromatic N) is 2. The zero-order valence-electron chi connectivity index (χ0n) is 14.4. The van der Waals surface area contributed by atoms with Crippen LogP contribution in [0.2, 0.25) is 0 Å². The number of aromatic nitrogens is 2. The topological polar surface area (TPSA) is 72.9 Å². The van der Waals surface area contributed by atoms with Crippen LogP contribution in [-0.4, -0.2) is 15.5 Å². The van der Waals surface area contributed by atoms with Gasteiger partial charge in [0.05, 0.1) is 6.33 Å². The Morgan fingerprint density at radius 3 is 2.44 bits per heavy atom. The number of benzene rings is 2. The number of amides is 1. The smallest absolute Gasteiger partial charge is 0.275 e. The Labute approximate surface area is 147 Å². The molecule has 0 aliphatic rings. The predicted octanol–water partition coefficient (Wildman–Crippen LogP) is 3.89. The molecule has 1 heterocycles. The minimum absolute atomic E-state index is 0.214. The summed E-state index contributed by atoms with van der Waals surface area (Å²) in [7, 11) is 0. The van der Waals surface area contributed by atoms with Crippen LogP contribution in [0.25, 0.3) is 0 Å². The third-order valence-corrected chi connectivity index (χ3v) is 4.05. The monoisotopic (exact) mass is 334 g/mol. The Balaban J connectivity index is 1.64. The zero-order valence-corrected chi connectivity index (χ0v) is 14.4. The van der Waals surface area contributed by atoms with Gasteiger partial charge in [0.25, 0.3) is 5.91 Å². The van der Waals surface area contributed by atoms with Gasteiger partial charge in [0.1, 0.15) is 5.69 Å². The molecule has 1 amide bonds. The van der Waals surface area contributed by atoms with Gasteiger partial charge in [-0.1, -0.05) is 38.1 Å². The number of carbonyl (C=O) groups is 1. The van der Waals surface area contributed by atoms with Crippen LogP contribution in [0.4, 0.5) is 11.4 Å². The minimum Gasteiger partial charge on any atom is -0.399 e. The average molecular weight is 334 g/mol. The zero-order chi connectivity index (χ0) is 17.8. The standard InChI is InChI=1S/C20H22N4O/c1-14(2)16-5-9-18(10-6-16)23-20(25)19-12-24(13-22-19)11-15-3-7-17(21)8-4-15/h3-10,12-14H,11,21H2,1-2H3,(H,23,25). The number of carbonyl (C=O) groups excluding carboxylic acids is 1. The molecule has 0 aliphatic heterocycles. The van der Waals surface area contributed by atoms with Gasteiger partial charge in [-0.2, -0.15) is 0 Å². The molecule has 0 aliphatic carbocycles. The molecule has 0 unspecified atom stereocenters. The second-order valence-electron chi connectivity index (χ2n) is 6.40. The van der Waals surface area contributed by atoms with Crippen molar-refractivity contribution < 1.29 is 4.79 Å². The molecule has 0 saturated carbocycles. The van der Waals surface area contributed by atoms with Crippen LogP contribution in [0.15, 0.2) is 61.1 Å². The summed E-state index contributed by atoms with van der Waals surface area (Å²) in [6.45, 7) is 4.92. The van der Waals surface area contributed by atoms with Crippen LogP contribution in [0.1, 0.15) is 41.4 Å². The first-order chi connectivity index (χ1) is 12.0. The molecule has 3 rings (SSSR count). The lowest BCUT2D eigenvalue weighted by Crippen LogP contribution is -2.12. The van der Waals surface area contributed by atoms with Gasteiger partial charge in [0.15, 0.2) is 0 Å². The Hall–Kier alpha value is -3.08. The average Bonchev–Trinajstić information content (AvgIpc) is 3.06. The largest absolute Gasteiger partial charge is 0.399 e. The van der Waals surface area contributed by atoms with E-state index >= 15 is 0 Å². The third-order valence-electron chi connectivity index (χ3n) is 4.05. The first kappa shape index (κ1) is 16.8. The molecule has 5 nitrogen and oxygen atoms in total. The Morgan fingerprint density at radius 2 is 1.80 bits per heavy atom. The predicted molar refractivity (Wildman–Crippen MR) is 101 cm³/mol. The van der Waals surface area contributed by atoms with Crippen molar-refractivity contribution in [2.45, 2.75) is 26.3 Å². The molecule has 5 heteroatoms. The molecule has 2 aromatic carbocycles. The highest BCUT2D eigenvalue weighted by Gasteiger charge is 2.10. The molecule has 0 saturated heterocycles. The van der Waals surface area contributed by atoms with Crippen molar-refractivity contribution in [3.63, 3.8) is 0 Å². The summed E-state index contributed by atoms with van der Waals surface area (Å²) in [4.78, 5) is 16.5. The molecule has 0 spiro atoms. The fraction of sp³-hybridized carbons (Fsp3) is 0.200. The number of imidazole rings is 1. The Bertz CT molecular complexity index is 848. The number of anilines is 2. The maximum absolute atomic E-state index is 12.3. The first-order valence-corrected chi connectivity index (χ1v) is 8.29. The van der Waals surface area contributed by atoms with E-state index in [-0.39, 0.29) is 5.91 Å². The minimum atomic E-state index is -0.214. The lowest BCUT2D eigenvalue weighted by atomic mass is 10.0. The number of hydrogen-bond donors (Lipinski definition) is 2. The third kappa shape index (κ3) is 4.26. The van der Waals surface area contributed by atoms with Crippen molar-refractivity contribution in [1.82, 2.24) is 9.55 Å². The number of rotatable bonds is 5. The van der Waals surface area contributed by atoms with E-state index in [0.717, 1.165) is 16.9 Å². The van der Waals surface area contributed by atoms with E-state index in [9.17, 15) is 4.79 Å². The number of nitrogen functional groups attached to an aromatic ring is 1. The molecule has 0 fully saturated rings. The van der Waals surface area contributed by atoms with Crippen LogP contribution in [0, 0.1) is 0 Å². The van der Waals surface area contributed by atoms with E-state index in [1.165, 1.54) is 5.56 Å². The molecule has 3 aromatic rings. The summed E-state index contributed by atoms with van der Waals surface area (Å²) in [5.74, 6) is 0.252. The van der Waals surface area contributed by atoms with Crippen LogP contribution in [0.5, 0.6) is 0 Å². The molecule has 3 N–H and O–H groups in total. The summed E-state index contributed by atoms with van der Waals surface area (Å²) in [6.07, 6.45) is 3.40. The van der Waals surface area contributed by atoms with Crippen molar-refractivity contribution >= 4 is 17.3 Å². The van der Waals surface area contributed by atoms with E-state index in [0.29, 0.717) is 18.2 Å². The fourth-order valence-corrected chi connectivity index (χ4v) is 2.54. The fourth-order valence-electron chi connectivity index (χ4n) is 2.54. The van der Waals surface area contributed by atoms with E-state index in [1.54, 1.807) is 12.5 Å². The molecule has 1 aromatic heterocycles. The second-order valence-corrected chi connectivity index (χ2v) is 6.40. The van der Waals surface area contributed by atoms with Gasteiger partial charge in [0.2, 0.25) is 0 Å². The summed E-state index contributed by atoms with van der Waals surface area (Å²) in [5.41, 5.74) is 9.92. The molecular weight excluding hydrogens is 312 g/mol. The maximum atomic E-state index is 12.3. The van der Waals surface area contributed by atoms with Crippen molar-refractivity contribution in [1.29, 1.82) is 0 Å². The Kier molecular flexibility index (Phi) is 4.84. The van der Waals surface area contributed by atoms with Crippen molar-refractivity contribution in [3.05, 3.63) is 77.9 Å². The number of nitrogens with one attached hydrogen (secondary N) is 1. The quantitative estimate of drug-likeness (QED) is 0.695. The van der Waals surface area contributed by atoms with Gasteiger partial charge in [-0.25, -0.2) is 4.98 Å². The van der Waals surface area contributed by atoms with Crippen LogP contribution in [-0.2, 0) is 6.54 Å². The number of hydrogen-bond acceptors (Lipinski definition) is 3. The van der Waals surface area contributed by atoms with E-state index < -0.39 is 0 Å². The summed E-state index contributed by atoms with van der Waals surface area (Å²) >= 11 is 0. The van der Waals surface area contributed by atoms with Crippen LogP contribution in [0.3, 0.4) is 0 Å². The van der Waals surface area contributed by atoms with Crippen molar-refractivity contribution in [2.24, 2.45) is 0 Å². The van der Waals surface area contributed by atoms with E-state index in [2.05, 4.69) is 24.1 Å². The second kappa shape index (κ2) is 7.21. The summed E-state index contributed by atoms with van der Waals surface area (Å²) in [5, 5.41) is 2.88. The highest BCUT2D eigenvalue weighted by Crippen LogP contribution is 2.17. The van der Waals surface area contributed by atoms with Gasteiger partial charge in [0, 0.05) is 24.1 Å². The van der Waals surface area contributed by atoms with Gasteiger partial charge >= 0.3 is 0 Å². The van der Waals surface area contributed by atoms with Crippen LogP contribution < -0.4 is 11.1 Å². The van der Waals surface area contributed by atoms with Gasteiger partial charge < -0.3 is 15.6 Å². The highest BCUT2D eigenvalue weighted by atomic mass is 16.1. The lowest BCUT2D eigenvalue weighted by Gasteiger charge is -2.07. The van der Waals surface area contributed by atoms with Gasteiger partial charge in [-0.3, -0.25) is 4.79 Å². The normalized spacial score (nSPS) is 10.8. The van der Waals surface area contributed by atoms with Gasteiger partial charge in [-0.05, 0) is 41.3 Å². The van der Waals surface area contributed by atoms with E-state index in [4.69, 9.17) is 5.73 Å². The SMILES string of the molecule is CC(C)c1ccc(NC(=O)c2cn(Cc3ccc(N)cc3)cn2)cc1. The molecule has 0 atom stereocenters. The maximum Gasteiger partial charge on any atom is 0.275 e. The highest BCUT2D eigenvalue weighted by molar-refractivity contribution is 6.02. The first-order valence-electron chi connectivity index (χ1n) is 8.29. The molecule has 25 heavy (non-hydrogen) atoms. The molecule has 0 radical (unpaired) electrons. The van der Waals surface area contributed by atoms with Crippen molar-refractivity contribution in [3.8, 4) is 0 Å². The lowest BCUT2D eigenvalue weighted by molar-refractivity contribution is 0.102. The summed E-state index contributed by atoms with van der Waals surface area (Å²) < 4.78 is 1.88. The van der Waals surface area contributed by atoms with E-state index in [1.807, 2.05) is 53.1 Å². The summed E-state index contributed by atoms with van der Waals surface area (Å²) in [6, 6.07) is 15.5. The van der Waals surface area contributed by atoms with Crippen LogP contribution >= 0.6 is 0 Å². The molecular formula is C20H22N4O. The Morgan fingerprint density at radius 1 is 1.12 bits per heavy atom. The van der Waals surface area contributed by atoms with Crippen molar-refractivity contribution in [2.75, 3.05) is 11.1 Å². The molecule has 128 valence electrons. The number of nitrogens with two attached hydrogens (primary N) is 1. The van der Waals surface area contributed by atoms with Gasteiger partial charge in [-0.15, -0.1) is 0 Å².